The first-order valence-electron chi connectivity index (χ1n) is 7.82. The number of hydrogen-bond acceptors (Lipinski definition) is 4. The summed E-state index contributed by atoms with van der Waals surface area (Å²) in [5.74, 6) is 0.922. The highest BCUT2D eigenvalue weighted by atomic mass is 16.5. The number of benzene rings is 2. The fourth-order valence-corrected chi connectivity index (χ4v) is 2.43. The molecule has 0 saturated heterocycles. The van der Waals surface area contributed by atoms with Crippen LogP contribution in [0.4, 0.5) is 0 Å². The number of aliphatic hydroxyl groups excluding tert-OH is 1. The predicted octanol–water partition coefficient (Wildman–Crippen LogP) is 3.05. The van der Waals surface area contributed by atoms with E-state index in [0.717, 1.165) is 10.8 Å². The van der Waals surface area contributed by atoms with Crippen molar-refractivity contribution in [1.29, 1.82) is 0 Å². The molecule has 0 aliphatic carbocycles. The second-order valence-electron chi connectivity index (χ2n) is 5.47. The molecule has 0 aliphatic rings. The fourth-order valence-electron chi connectivity index (χ4n) is 2.43. The van der Waals surface area contributed by atoms with E-state index in [1.54, 1.807) is 12.1 Å². The molecule has 2 aromatic carbocycles. The van der Waals surface area contributed by atoms with Gasteiger partial charge in [0.15, 0.2) is 6.61 Å². The van der Waals surface area contributed by atoms with Crippen LogP contribution < -0.4 is 10.1 Å². The Kier molecular flexibility index (Phi) is 5.13. The van der Waals surface area contributed by atoms with Crippen molar-refractivity contribution in [2.24, 2.45) is 0 Å². The van der Waals surface area contributed by atoms with Crippen molar-refractivity contribution >= 4 is 16.7 Å². The van der Waals surface area contributed by atoms with Gasteiger partial charge in [0.1, 0.15) is 17.6 Å². The summed E-state index contributed by atoms with van der Waals surface area (Å²) < 4.78 is 10.6. The van der Waals surface area contributed by atoms with Crippen molar-refractivity contribution in [1.82, 2.24) is 5.32 Å². The number of carbonyl (C=O) groups is 1. The summed E-state index contributed by atoms with van der Waals surface area (Å²) in [5.41, 5.74) is 0. The van der Waals surface area contributed by atoms with E-state index in [-0.39, 0.29) is 12.5 Å². The molecule has 0 radical (unpaired) electrons. The lowest BCUT2D eigenvalue weighted by atomic mass is 10.1. The normalized spacial score (nSPS) is 12.0. The average Bonchev–Trinajstić information content (AvgIpc) is 3.14. The van der Waals surface area contributed by atoms with Gasteiger partial charge in [0, 0.05) is 6.54 Å². The van der Waals surface area contributed by atoms with Gasteiger partial charge in [-0.1, -0.05) is 30.3 Å². The van der Waals surface area contributed by atoms with Gasteiger partial charge in [-0.25, -0.2) is 0 Å². The minimum absolute atomic E-state index is 0.0603. The fraction of sp³-hybridized carbons (Fsp3) is 0.211. The number of hydrogen-bond donors (Lipinski definition) is 2. The molecular weight excluding hydrogens is 306 g/mol. The standard InChI is InChI=1S/C19H19NO4/c21-17(18-6-3-11-23-18)9-10-20-19(22)13-24-16-8-7-14-4-1-2-5-15(14)12-16/h1-8,11-12,17,21H,9-10,13H2,(H,20,22)/t17-/m0/s1. The summed E-state index contributed by atoms with van der Waals surface area (Å²) in [6.07, 6.45) is 1.17. The van der Waals surface area contributed by atoms with Crippen LogP contribution in [0.15, 0.2) is 65.3 Å². The molecule has 5 nitrogen and oxygen atoms in total. The number of rotatable bonds is 7. The van der Waals surface area contributed by atoms with Crippen molar-refractivity contribution in [2.75, 3.05) is 13.2 Å². The molecule has 0 spiro atoms. The van der Waals surface area contributed by atoms with E-state index in [9.17, 15) is 9.90 Å². The molecule has 0 fully saturated rings. The molecule has 1 heterocycles. The maximum Gasteiger partial charge on any atom is 0.257 e. The molecule has 124 valence electrons. The molecule has 1 atom stereocenters. The first kappa shape index (κ1) is 16.1. The molecule has 5 heteroatoms. The molecule has 3 aromatic rings. The lowest BCUT2D eigenvalue weighted by Crippen LogP contribution is -2.30. The number of ether oxygens (including phenoxy) is 1. The van der Waals surface area contributed by atoms with Crippen molar-refractivity contribution in [3.05, 3.63) is 66.6 Å². The van der Waals surface area contributed by atoms with Gasteiger partial charge in [0.05, 0.1) is 6.26 Å². The second-order valence-corrected chi connectivity index (χ2v) is 5.47. The van der Waals surface area contributed by atoms with Gasteiger partial charge in [-0.3, -0.25) is 4.79 Å². The highest BCUT2D eigenvalue weighted by Crippen LogP contribution is 2.20. The number of nitrogens with one attached hydrogen (secondary N) is 1. The topological polar surface area (TPSA) is 71.7 Å². The Morgan fingerprint density at radius 1 is 1.12 bits per heavy atom. The monoisotopic (exact) mass is 325 g/mol. The lowest BCUT2D eigenvalue weighted by Gasteiger charge is -2.10. The quantitative estimate of drug-likeness (QED) is 0.700. The number of furan rings is 1. The van der Waals surface area contributed by atoms with E-state index in [4.69, 9.17) is 9.15 Å². The Morgan fingerprint density at radius 2 is 1.96 bits per heavy atom. The van der Waals surface area contributed by atoms with Gasteiger partial charge in [-0.2, -0.15) is 0 Å². The average molecular weight is 325 g/mol. The third-order valence-corrected chi connectivity index (χ3v) is 3.70. The molecule has 1 amide bonds. The third-order valence-electron chi connectivity index (χ3n) is 3.70. The summed E-state index contributed by atoms with van der Waals surface area (Å²) in [5, 5.41) is 14.8. The van der Waals surface area contributed by atoms with Crippen LogP contribution in [0.2, 0.25) is 0 Å². The van der Waals surface area contributed by atoms with Crippen LogP contribution in [0.5, 0.6) is 5.75 Å². The molecule has 3 rings (SSSR count). The smallest absolute Gasteiger partial charge is 0.257 e. The number of amides is 1. The maximum atomic E-state index is 11.8. The molecule has 1 aromatic heterocycles. The van der Waals surface area contributed by atoms with Crippen LogP contribution in [0.3, 0.4) is 0 Å². The molecular formula is C19H19NO4. The van der Waals surface area contributed by atoms with Gasteiger partial charge in [0.2, 0.25) is 0 Å². The summed E-state index contributed by atoms with van der Waals surface area (Å²) in [7, 11) is 0. The predicted molar refractivity (Wildman–Crippen MR) is 90.7 cm³/mol. The first-order valence-corrected chi connectivity index (χ1v) is 7.82. The Balaban J connectivity index is 1.43. The largest absolute Gasteiger partial charge is 0.484 e. The van der Waals surface area contributed by atoms with Crippen molar-refractivity contribution in [2.45, 2.75) is 12.5 Å². The third kappa shape index (κ3) is 4.14. The minimum Gasteiger partial charge on any atom is -0.484 e. The van der Waals surface area contributed by atoms with Gasteiger partial charge in [-0.15, -0.1) is 0 Å². The number of fused-ring (bicyclic) bond motifs is 1. The number of carbonyl (C=O) groups excluding carboxylic acids is 1. The highest BCUT2D eigenvalue weighted by molar-refractivity contribution is 5.84. The molecule has 24 heavy (non-hydrogen) atoms. The van der Waals surface area contributed by atoms with Crippen LogP contribution in [0, 0.1) is 0 Å². The van der Waals surface area contributed by atoms with E-state index < -0.39 is 6.10 Å². The summed E-state index contributed by atoms with van der Waals surface area (Å²) in [4.78, 5) is 11.8. The Hall–Kier alpha value is -2.79. The van der Waals surface area contributed by atoms with Crippen LogP contribution in [-0.2, 0) is 4.79 Å². The SMILES string of the molecule is O=C(COc1ccc2ccccc2c1)NCC[C@H](O)c1ccco1. The highest BCUT2D eigenvalue weighted by Gasteiger charge is 2.11. The van der Waals surface area contributed by atoms with Gasteiger partial charge in [0.25, 0.3) is 5.91 Å². The summed E-state index contributed by atoms with van der Waals surface area (Å²) in [6.45, 7) is 0.289. The molecule has 0 unspecified atom stereocenters. The van der Waals surface area contributed by atoms with Gasteiger partial charge >= 0.3 is 0 Å². The number of aliphatic hydroxyl groups is 1. The van der Waals surface area contributed by atoms with E-state index >= 15 is 0 Å². The molecule has 0 aliphatic heterocycles. The van der Waals surface area contributed by atoms with Crippen molar-refractivity contribution in [3.63, 3.8) is 0 Å². The summed E-state index contributed by atoms with van der Waals surface area (Å²) in [6, 6.07) is 17.1. The molecule has 2 N–H and O–H groups in total. The molecule has 0 saturated carbocycles. The van der Waals surface area contributed by atoms with Gasteiger partial charge < -0.3 is 19.6 Å². The zero-order valence-electron chi connectivity index (χ0n) is 13.1. The van der Waals surface area contributed by atoms with Gasteiger partial charge in [-0.05, 0) is 41.5 Å². The van der Waals surface area contributed by atoms with E-state index in [0.29, 0.717) is 24.5 Å². The van der Waals surface area contributed by atoms with Crippen molar-refractivity contribution in [3.8, 4) is 5.75 Å². The minimum atomic E-state index is -0.721. The second kappa shape index (κ2) is 7.66. The maximum absolute atomic E-state index is 11.8. The lowest BCUT2D eigenvalue weighted by molar-refractivity contribution is -0.123. The van der Waals surface area contributed by atoms with Crippen molar-refractivity contribution < 1.29 is 19.1 Å². The Bertz CT molecular complexity index is 798. The Labute approximate surface area is 139 Å². The van der Waals surface area contributed by atoms with E-state index in [2.05, 4.69) is 5.32 Å². The van der Waals surface area contributed by atoms with Crippen LogP contribution >= 0.6 is 0 Å². The van der Waals surface area contributed by atoms with Crippen LogP contribution in [0.25, 0.3) is 10.8 Å². The zero-order chi connectivity index (χ0) is 16.8. The van der Waals surface area contributed by atoms with E-state index in [1.165, 1.54) is 6.26 Å². The van der Waals surface area contributed by atoms with E-state index in [1.807, 2.05) is 42.5 Å². The summed E-state index contributed by atoms with van der Waals surface area (Å²) >= 11 is 0. The Morgan fingerprint density at radius 3 is 2.75 bits per heavy atom. The first-order chi connectivity index (χ1) is 11.7. The van der Waals surface area contributed by atoms with Crippen LogP contribution in [0.1, 0.15) is 18.3 Å². The molecule has 0 bridgehead atoms. The zero-order valence-corrected chi connectivity index (χ0v) is 13.1. The van der Waals surface area contributed by atoms with Crippen LogP contribution in [-0.4, -0.2) is 24.2 Å².